The van der Waals surface area contributed by atoms with Gasteiger partial charge in [0.1, 0.15) is 5.75 Å². The molecule has 0 aliphatic carbocycles. The summed E-state index contributed by atoms with van der Waals surface area (Å²) in [5.74, 6) is 0.545. The first-order valence-corrected chi connectivity index (χ1v) is 7.10. The lowest BCUT2D eigenvalue weighted by atomic mass is 10.0. The normalized spacial score (nSPS) is 12.2. The average molecular weight is 332 g/mol. The van der Waals surface area contributed by atoms with Crippen molar-refractivity contribution in [2.45, 2.75) is 12.5 Å². The maximum atomic E-state index is 10.4. The van der Waals surface area contributed by atoms with Crippen molar-refractivity contribution in [1.29, 1.82) is 0 Å². The summed E-state index contributed by atoms with van der Waals surface area (Å²) in [6, 6.07) is 10.3. The topological polar surface area (TPSA) is 29.5 Å². The molecule has 0 radical (unpaired) electrons. The van der Waals surface area contributed by atoms with Gasteiger partial charge in [0.05, 0.1) is 13.2 Å². The van der Waals surface area contributed by atoms with E-state index in [9.17, 15) is 5.11 Å². The molecule has 0 heterocycles. The van der Waals surface area contributed by atoms with Gasteiger partial charge in [-0.15, -0.1) is 0 Å². The van der Waals surface area contributed by atoms with Crippen LogP contribution >= 0.6 is 34.8 Å². The number of hydrogen-bond acceptors (Lipinski definition) is 2. The van der Waals surface area contributed by atoms with E-state index in [4.69, 9.17) is 39.5 Å². The lowest BCUT2D eigenvalue weighted by Crippen LogP contribution is -2.04. The third-order valence-corrected chi connectivity index (χ3v) is 3.81. The van der Waals surface area contributed by atoms with Crippen LogP contribution in [-0.4, -0.2) is 12.2 Å². The zero-order valence-corrected chi connectivity index (χ0v) is 13.0. The van der Waals surface area contributed by atoms with Crippen molar-refractivity contribution < 1.29 is 9.84 Å². The van der Waals surface area contributed by atoms with E-state index in [0.717, 1.165) is 5.56 Å². The molecule has 1 unspecified atom stereocenters. The number of aliphatic hydroxyl groups is 1. The largest absolute Gasteiger partial charge is 0.496 e. The molecule has 20 heavy (non-hydrogen) atoms. The van der Waals surface area contributed by atoms with Gasteiger partial charge in [0, 0.05) is 27.1 Å². The smallest absolute Gasteiger partial charge is 0.126 e. The van der Waals surface area contributed by atoms with Crippen molar-refractivity contribution in [3.63, 3.8) is 0 Å². The molecule has 1 atom stereocenters. The summed E-state index contributed by atoms with van der Waals surface area (Å²) in [4.78, 5) is 0. The molecule has 0 aliphatic rings. The fourth-order valence-corrected chi connectivity index (χ4v) is 2.53. The lowest BCUT2D eigenvalue weighted by Gasteiger charge is -2.16. The first kappa shape index (κ1) is 15.5. The molecule has 0 aromatic heterocycles. The second-order valence-electron chi connectivity index (χ2n) is 4.34. The van der Waals surface area contributed by atoms with Crippen molar-refractivity contribution in [2.24, 2.45) is 0 Å². The van der Waals surface area contributed by atoms with Crippen molar-refractivity contribution in [3.8, 4) is 5.75 Å². The van der Waals surface area contributed by atoms with Crippen LogP contribution in [0.15, 0.2) is 36.4 Å². The van der Waals surface area contributed by atoms with E-state index in [-0.39, 0.29) is 0 Å². The van der Waals surface area contributed by atoms with E-state index in [1.54, 1.807) is 36.4 Å². The molecule has 0 saturated carbocycles. The Morgan fingerprint density at radius 2 is 1.70 bits per heavy atom. The minimum Gasteiger partial charge on any atom is -0.496 e. The Kier molecular flexibility index (Phi) is 5.17. The van der Waals surface area contributed by atoms with Gasteiger partial charge in [-0.3, -0.25) is 0 Å². The Hall–Kier alpha value is -0.930. The van der Waals surface area contributed by atoms with E-state index in [0.29, 0.717) is 32.8 Å². The van der Waals surface area contributed by atoms with E-state index < -0.39 is 6.10 Å². The van der Waals surface area contributed by atoms with Gasteiger partial charge in [0.25, 0.3) is 0 Å². The van der Waals surface area contributed by atoms with Crippen LogP contribution < -0.4 is 4.74 Å². The molecule has 0 aliphatic heterocycles. The number of hydrogen-bond donors (Lipinski definition) is 1. The number of rotatable bonds is 4. The molecule has 0 spiro atoms. The zero-order chi connectivity index (χ0) is 14.7. The second-order valence-corrected chi connectivity index (χ2v) is 5.62. The predicted molar refractivity (Wildman–Crippen MR) is 83.1 cm³/mol. The molecular formula is C15H13Cl3O2. The average Bonchev–Trinajstić information content (AvgIpc) is 2.42. The van der Waals surface area contributed by atoms with E-state index >= 15 is 0 Å². The summed E-state index contributed by atoms with van der Waals surface area (Å²) in [5.41, 5.74) is 1.44. The Bertz CT molecular complexity index is 614. The van der Waals surface area contributed by atoms with Gasteiger partial charge in [-0.05, 0) is 35.9 Å². The van der Waals surface area contributed by atoms with E-state index in [2.05, 4.69) is 0 Å². The van der Waals surface area contributed by atoms with E-state index in [1.807, 2.05) is 0 Å². The minimum atomic E-state index is -0.752. The fraction of sp³-hybridized carbons (Fsp3) is 0.200. The molecule has 0 fully saturated rings. The molecule has 2 nitrogen and oxygen atoms in total. The zero-order valence-electron chi connectivity index (χ0n) is 10.7. The highest BCUT2D eigenvalue weighted by Crippen LogP contribution is 2.32. The van der Waals surface area contributed by atoms with Gasteiger partial charge in [0.2, 0.25) is 0 Å². The molecule has 1 N–H and O–H groups in total. The SMILES string of the molecule is COc1cc(Cl)ccc1C(O)Cc1cc(Cl)ccc1Cl. The van der Waals surface area contributed by atoms with Gasteiger partial charge < -0.3 is 9.84 Å². The number of halogens is 3. The highest BCUT2D eigenvalue weighted by atomic mass is 35.5. The fourth-order valence-electron chi connectivity index (χ4n) is 1.98. The number of methoxy groups -OCH3 is 1. The summed E-state index contributed by atoms with van der Waals surface area (Å²) in [5, 5.41) is 12.1. The highest BCUT2D eigenvalue weighted by Gasteiger charge is 2.16. The van der Waals surface area contributed by atoms with Crippen LogP contribution in [0.1, 0.15) is 17.2 Å². The molecule has 106 valence electrons. The molecular weight excluding hydrogens is 319 g/mol. The summed E-state index contributed by atoms with van der Waals surface area (Å²) in [6.07, 6.45) is -0.407. The standard InChI is InChI=1S/C15H13Cl3O2/c1-20-15-8-11(17)2-4-12(15)14(19)7-9-6-10(16)3-5-13(9)18/h2-6,8,14,19H,7H2,1H3. The number of aliphatic hydroxyl groups excluding tert-OH is 1. The van der Waals surface area contributed by atoms with Crippen LogP contribution in [0.5, 0.6) is 5.75 Å². The van der Waals surface area contributed by atoms with Crippen molar-refractivity contribution in [3.05, 3.63) is 62.6 Å². The van der Waals surface area contributed by atoms with Crippen LogP contribution in [0.2, 0.25) is 15.1 Å². The first-order valence-electron chi connectivity index (χ1n) is 5.96. The van der Waals surface area contributed by atoms with Crippen LogP contribution in [0.3, 0.4) is 0 Å². The highest BCUT2D eigenvalue weighted by molar-refractivity contribution is 6.33. The maximum Gasteiger partial charge on any atom is 0.126 e. The van der Waals surface area contributed by atoms with Gasteiger partial charge >= 0.3 is 0 Å². The number of benzene rings is 2. The number of ether oxygens (including phenoxy) is 1. The van der Waals surface area contributed by atoms with Gasteiger partial charge in [-0.2, -0.15) is 0 Å². The minimum absolute atomic E-state index is 0.345. The quantitative estimate of drug-likeness (QED) is 0.860. The maximum absolute atomic E-state index is 10.4. The van der Waals surface area contributed by atoms with Gasteiger partial charge in [0.15, 0.2) is 0 Å². The third-order valence-electron chi connectivity index (χ3n) is 2.98. The van der Waals surface area contributed by atoms with Crippen molar-refractivity contribution in [2.75, 3.05) is 7.11 Å². The van der Waals surface area contributed by atoms with Crippen LogP contribution in [-0.2, 0) is 6.42 Å². The molecule has 5 heteroatoms. The van der Waals surface area contributed by atoms with Crippen molar-refractivity contribution in [1.82, 2.24) is 0 Å². The lowest BCUT2D eigenvalue weighted by molar-refractivity contribution is 0.174. The second kappa shape index (κ2) is 6.68. The first-order chi connectivity index (χ1) is 9.51. The van der Waals surface area contributed by atoms with Crippen LogP contribution in [0.25, 0.3) is 0 Å². The summed E-state index contributed by atoms with van der Waals surface area (Å²) in [6.45, 7) is 0. The molecule has 2 rings (SSSR count). The Labute approximate surface area is 132 Å². The van der Waals surface area contributed by atoms with Gasteiger partial charge in [-0.1, -0.05) is 40.9 Å². The molecule has 2 aromatic rings. The Morgan fingerprint density at radius 1 is 1.05 bits per heavy atom. The molecule has 0 amide bonds. The van der Waals surface area contributed by atoms with Gasteiger partial charge in [-0.25, -0.2) is 0 Å². The third kappa shape index (κ3) is 3.58. The predicted octanol–water partition coefficient (Wildman–Crippen LogP) is 4.93. The van der Waals surface area contributed by atoms with Crippen LogP contribution in [0.4, 0.5) is 0 Å². The Balaban J connectivity index is 2.28. The summed E-state index contributed by atoms with van der Waals surface area (Å²) in [7, 11) is 1.54. The van der Waals surface area contributed by atoms with E-state index in [1.165, 1.54) is 7.11 Å². The van der Waals surface area contributed by atoms with Crippen LogP contribution in [0, 0.1) is 0 Å². The Morgan fingerprint density at radius 3 is 2.40 bits per heavy atom. The van der Waals surface area contributed by atoms with Crippen molar-refractivity contribution >= 4 is 34.8 Å². The summed E-state index contributed by atoms with van der Waals surface area (Å²) < 4.78 is 5.24. The monoisotopic (exact) mass is 330 g/mol. The molecule has 0 bridgehead atoms. The molecule has 2 aromatic carbocycles. The summed E-state index contributed by atoms with van der Waals surface area (Å²) >= 11 is 18.0. The molecule has 0 saturated heterocycles.